The van der Waals surface area contributed by atoms with E-state index in [0.717, 1.165) is 15.4 Å². The van der Waals surface area contributed by atoms with E-state index in [4.69, 9.17) is 61.8 Å². The van der Waals surface area contributed by atoms with Crippen molar-refractivity contribution >= 4 is 70.7 Å². The minimum atomic E-state index is -1.43. The lowest BCUT2D eigenvalue weighted by Gasteiger charge is -2.34. The molecule has 0 radical (unpaired) electrons. The summed E-state index contributed by atoms with van der Waals surface area (Å²) in [6, 6.07) is 19.9. The van der Waals surface area contributed by atoms with Gasteiger partial charge in [-0.1, -0.05) is 62.4 Å². The maximum absolute atomic E-state index is 14.2. The standard InChI is InChI=1S/C78H101N7O22/c1-52(2)61(45-60(86)20-26-97-28-30-99-32-34-101-36-38-103-40-41-104-39-37-102-35-33-100-31-29-98-27-21-79-71(88)19-23-83-72(89)17-18-73(83)90)74(91)81-54(4)67(87)43-55-13-15-56(16-14-55)51-107-78(95)85-66-48-68(53(3)42-63(66)76(93)82-22-8-12-65(82)77(85)94)105-24-9-25-106-70-47-64-62(46-69(70)96-5)75(92)84-50-58-11-7-6-10-57(58)44-59(84)49-80-64/h6-7,10-11,13-18,42,46-49,52,54,59,61,65,77,94H,8-9,12,19-41,43-45,50-51H2,1-5H3,(H,79,88)(H,81,91)/t54-,59?,61-,65-,77?/m0/s1. The van der Waals surface area contributed by atoms with Gasteiger partial charge >= 0.3 is 6.09 Å². The van der Waals surface area contributed by atoms with Crippen molar-refractivity contribution in [1.82, 2.24) is 25.3 Å². The van der Waals surface area contributed by atoms with Gasteiger partial charge in [-0.3, -0.25) is 48.2 Å². The maximum atomic E-state index is 14.2. The number of amides is 7. The number of nitrogens with zero attached hydrogens (tertiary/aromatic N) is 5. The van der Waals surface area contributed by atoms with Gasteiger partial charge in [0.1, 0.15) is 18.1 Å². The van der Waals surface area contributed by atoms with Crippen LogP contribution in [0, 0.1) is 18.8 Å². The van der Waals surface area contributed by atoms with Crippen LogP contribution in [0.1, 0.15) is 108 Å². The number of rotatable bonds is 47. The zero-order valence-electron chi connectivity index (χ0n) is 61.8. The monoisotopic (exact) mass is 1490 g/mol. The van der Waals surface area contributed by atoms with E-state index >= 15 is 0 Å². The Hall–Kier alpha value is -9.04. The highest BCUT2D eigenvalue weighted by Gasteiger charge is 2.45. The SMILES string of the molecule is COc1cc2c(cc1OCCCOc1cc3c(cc1C)C(=O)N1CCC[C@H]1C(O)N3C(=O)OCc1ccc(CC(=O)[C@H](C)NC(=O)[C@@H](CC(=O)CCOCCOCCOCCOCCOCCOCCOCCOCCNC(=O)CCN3C(=O)C=CC3=O)C(C)C)cc1)N=CC1Cc3ccccc3CN1C2=O. The van der Waals surface area contributed by atoms with Gasteiger partial charge in [-0.05, 0) is 79.0 Å². The molecule has 0 spiro atoms. The van der Waals surface area contributed by atoms with E-state index in [-0.39, 0.29) is 118 Å². The molecule has 5 aliphatic heterocycles. The Kier molecular flexibility index (Phi) is 32.6. The smallest absolute Gasteiger partial charge is 0.416 e. The average Bonchev–Trinajstić information content (AvgIpc) is 1.60. The molecule has 0 bridgehead atoms. The first kappa shape index (κ1) is 82.0. The van der Waals surface area contributed by atoms with Crippen LogP contribution in [-0.2, 0) is 97.4 Å². The number of fused-ring (bicyclic) bond motifs is 5. The van der Waals surface area contributed by atoms with Gasteiger partial charge < -0.3 is 82.4 Å². The number of aliphatic hydroxyl groups is 1. The Morgan fingerprint density at radius 2 is 1.21 bits per heavy atom. The number of benzene rings is 4. The van der Waals surface area contributed by atoms with Crippen LogP contribution >= 0.6 is 0 Å². The largest absolute Gasteiger partial charge is 0.493 e. The van der Waals surface area contributed by atoms with E-state index in [9.17, 15) is 48.3 Å². The molecule has 580 valence electrons. The zero-order chi connectivity index (χ0) is 76.0. The molecule has 0 aliphatic carbocycles. The first-order valence-corrected chi connectivity index (χ1v) is 36.7. The summed E-state index contributed by atoms with van der Waals surface area (Å²) < 4.78 is 68.2. The number of imide groups is 1. The fourth-order valence-electron chi connectivity index (χ4n) is 12.7. The Bertz CT molecular complexity index is 3720. The number of Topliss-reactive ketones (excluding diaryl/α,β-unsaturated/α-hetero) is 2. The lowest BCUT2D eigenvalue weighted by atomic mass is 9.88. The zero-order valence-corrected chi connectivity index (χ0v) is 61.8. The molecule has 5 atom stereocenters. The fraction of sp³-hybridized carbons (Fsp3) is 0.538. The van der Waals surface area contributed by atoms with Crippen LogP contribution in [0.3, 0.4) is 0 Å². The third-order valence-corrected chi connectivity index (χ3v) is 18.8. The van der Waals surface area contributed by atoms with Crippen molar-refractivity contribution in [3.05, 3.63) is 124 Å². The number of nitrogens with one attached hydrogen (secondary N) is 2. The summed E-state index contributed by atoms with van der Waals surface area (Å²) in [5.41, 5.74) is 5.46. The van der Waals surface area contributed by atoms with Gasteiger partial charge in [0.15, 0.2) is 23.5 Å². The molecule has 9 rings (SSSR count). The van der Waals surface area contributed by atoms with Crippen molar-refractivity contribution in [3.63, 3.8) is 0 Å². The van der Waals surface area contributed by atoms with Gasteiger partial charge in [0.05, 0.1) is 167 Å². The predicted molar refractivity (Wildman–Crippen MR) is 390 cm³/mol. The van der Waals surface area contributed by atoms with Gasteiger partial charge in [-0.15, -0.1) is 0 Å². The molecule has 5 heterocycles. The Morgan fingerprint density at radius 1 is 0.636 bits per heavy atom. The molecular formula is C78H101N7O22. The summed E-state index contributed by atoms with van der Waals surface area (Å²) in [4.78, 5) is 128. The van der Waals surface area contributed by atoms with Gasteiger partial charge in [0, 0.05) is 94.7 Å². The van der Waals surface area contributed by atoms with E-state index in [0.29, 0.717) is 183 Å². The number of ether oxygens (including phenoxy) is 12. The van der Waals surface area contributed by atoms with Gasteiger partial charge in [-0.25, -0.2) is 9.69 Å². The molecule has 2 unspecified atom stereocenters. The third kappa shape index (κ3) is 24.2. The minimum absolute atomic E-state index is 0.00250. The lowest BCUT2D eigenvalue weighted by molar-refractivity contribution is -0.137. The number of carbonyl (C=O) groups is 9. The molecule has 7 amide bonds. The van der Waals surface area contributed by atoms with Crippen LogP contribution in [0.25, 0.3) is 0 Å². The molecular weight excluding hydrogens is 1390 g/mol. The number of hydrogen-bond donors (Lipinski definition) is 3. The van der Waals surface area contributed by atoms with E-state index < -0.39 is 48.0 Å². The van der Waals surface area contributed by atoms with Crippen molar-refractivity contribution in [1.29, 1.82) is 0 Å². The molecule has 0 aromatic heterocycles. The highest BCUT2D eigenvalue weighted by atomic mass is 16.6. The van der Waals surface area contributed by atoms with Crippen LogP contribution in [0.5, 0.6) is 17.2 Å². The van der Waals surface area contributed by atoms with E-state index in [1.807, 2.05) is 43.2 Å². The maximum Gasteiger partial charge on any atom is 0.416 e. The lowest BCUT2D eigenvalue weighted by Crippen LogP contribution is -2.50. The van der Waals surface area contributed by atoms with Crippen LogP contribution < -0.4 is 29.7 Å². The van der Waals surface area contributed by atoms with Crippen molar-refractivity contribution in [2.45, 2.75) is 117 Å². The van der Waals surface area contributed by atoms with Crippen molar-refractivity contribution in [2.75, 3.05) is 151 Å². The van der Waals surface area contributed by atoms with E-state index in [2.05, 4.69) is 16.7 Å². The normalized spacial score (nSPS) is 17.1. The van der Waals surface area contributed by atoms with E-state index in [1.54, 1.807) is 67.3 Å². The fourth-order valence-corrected chi connectivity index (χ4v) is 12.7. The summed E-state index contributed by atoms with van der Waals surface area (Å²) in [6.45, 7) is 14.2. The summed E-state index contributed by atoms with van der Waals surface area (Å²) >= 11 is 0. The van der Waals surface area contributed by atoms with Crippen LogP contribution in [-0.4, -0.2) is 249 Å². The molecule has 29 nitrogen and oxygen atoms in total. The second-order valence-corrected chi connectivity index (χ2v) is 26.7. The van der Waals surface area contributed by atoms with Crippen LogP contribution in [0.15, 0.2) is 89.9 Å². The molecule has 1 saturated heterocycles. The molecule has 1 fully saturated rings. The number of aliphatic hydroxyl groups excluding tert-OH is 1. The van der Waals surface area contributed by atoms with Gasteiger partial charge in [0.2, 0.25) is 11.8 Å². The molecule has 0 saturated carbocycles. The highest BCUT2D eigenvalue weighted by Crippen LogP contribution is 2.41. The molecule has 5 aliphatic rings. The summed E-state index contributed by atoms with van der Waals surface area (Å²) in [5, 5.41) is 17.4. The summed E-state index contributed by atoms with van der Waals surface area (Å²) in [7, 11) is 1.52. The Labute approximate surface area is 623 Å². The van der Waals surface area contributed by atoms with Crippen LogP contribution in [0.4, 0.5) is 16.2 Å². The van der Waals surface area contributed by atoms with Gasteiger partial charge in [0.25, 0.3) is 23.6 Å². The molecule has 3 N–H and O–H groups in total. The number of hydrogen-bond acceptors (Lipinski definition) is 23. The topological polar surface area (TPSA) is 334 Å². The Morgan fingerprint density at radius 3 is 1.83 bits per heavy atom. The molecule has 4 aromatic rings. The molecule has 107 heavy (non-hydrogen) atoms. The quantitative estimate of drug-likeness (QED) is 0.0336. The second-order valence-electron chi connectivity index (χ2n) is 26.7. The van der Waals surface area contributed by atoms with Crippen molar-refractivity contribution in [2.24, 2.45) is 16.8 Å². The minimum Gasteiger partial charge on any atom is -0.493 e. The highest BCUT2D eigenvalue weighted by molar-refractivity contribution is 6.13. The number of aliphatic imine (C=N–C) groups is 1. The van der Waals surface area contributed by atoms with Crippen molar-refractivity contribution in [3.8, 4) is 17.2 Å². The predicted octanol–water partition coefficient (Wildman–Crippen LogP) is 6.02. The summed E-state index contributed by atoms with van der Waals surface area (Å²) in [6.07, 6.45) is 4.20. The number of anilines is 1. The van der Waals surface area contributed by atoms with Crippen LogP contribution in [0.2, 0.25) is 0 Å². The first-order chi connectivity index (χ1) is 51.9. The number of methoxy groups -OCH3 is 1. The Balaban J connectivity index is 0.597. The molecule has 29 heteroatoms. The average molecular weight is 1490 g/mol. The second kappa shape index (κ2) is 42.5. The first-order valence-electron chi connectivity index (χ1n) is 36.7. The number of carbonyl (C=O) groups excluding carboxylic acids is 9. The van der Waals surface area contributed by atoms with E-state index in [1.165, 1.54) is 24.8 Å². The van der Waals surface area contributed by atoms with Gasteiger partial charge in [-0.2, -0.15) is 0 Å². The summed E-state index contributed by atoms with van der Waals surface area (Å²) in [5.74, 6) is -2.00. The van der Waals surface area contributed by atoms with Crippen molar-refractivity contribution < 1.29 is 105 Å². The third-order valence-electron chi connectivity index (χ3n) is 18.8. The number of aryl methyl sites for hydroxylation is 1. The molecule has 4 aromatic carbocycles. The number of ketones is 2.